The van der Waals surface area contributed by atoms with Gasteiger partial charge in [-0.25, -0.2) is 4.39 Å². The van der Waals surface area contributed by atoms with Crippen molar-refractivity contribution >= 4 is 0 Å². The van der Waals surface area contributed by atoms with E-state index in [1.54, 1.807) is 12.1 Å². The lowest BCUT2D eigenvalue weighted by Gasteiger charge is -2.37. The molecular weight excluding hydrogens is 241 g/mol. The molecule has 1 aliphatic heterocycles. The lowest BCUT2D eigenvalue weighted by molar-refractivity contribution is 0.148. The van der Waals surface area contributed by atoms with Gasteiger partial charge in [0.1, 0.15) is 5.82 Å². The molecule has 0 aromatic heterocycles. The molecule has 106 valence electrons. The molecule has 19 heavy (non-hydrogen) atoms. The molecule has 1 aromatic carbocycles. The van der Waals surface area contributed by atoms with Crippen molar-refractivity contribution in [2.24, 2.45) is 0 Å². The highest BCUT2D eigenvalue weighted by Crippen LogP contribution is 2.27. The molecule has 4 heteroatoms. The van der Waals surface area contributed by atoms with E-state index in [2.05, 4.69) is 22.2 Å². The van der Waals surface area contributed by atoms with Crippen molar-refractivity contribution < 1.29 is 4.39 Å². The normalized spacial score (nSPS) is 22.7. The zero-order valence-electron chi connectivity index (χ0n) is 12.1. The van der Waals surface area contributed by atoms with Gasteiger partial charge < -0.3 is 15.1 Å². The summed E-state index contributed by atoms with van der Waals surface area (Å²) in [6.45, 7) is 3.08. The minimum absolute atomic E-state index is 0.104. The number of benzene rings is 1. The van der Waals surface area contributed by atoms with Crippen LogP contribution in [0.1, 0.15) is 18.0 Å². The van der Waals surface area contributed by atoms with Gasteiger partial charge in [-0.2, -0.15) is 0 Å². The third-order valence-corrected chi connectivity index (χ3v) is 4.03. The minimum atomic E-state index is -0.104. The van der Waals surface area contributed by atoms with E-state index in [-0.39, 0.29) is 11.9 Å². The topological polar surface area (TPSA) is 18.5 Å². The van der Waals surface area contributed by atoms with Crippen LogP contribution in [0, 0.1) is 5.82 Å². The van der Waals surface area contributed by atoms with Gasteiger partial charge in [-0.1, -0.05) is 18.2 Å². The van der Waals surface area contributed by atoms with E-state index in [0.29, 0.717) is 6.04 Å². The van der Waals surface area contributed by atoms with Gasteiger partial charge in [-0.15, -0.1) is 0 Å². The first kappa shape index (κ1) is 14.4. The predicted molar refractivity (Wildman–Crippen MR) is 76.7 cm³/mol. The lowest BCUT2D eigenvalue weighted by atomic mass is 9.96. The molecular formula is C15H24FN3. The van der Waals surface area contributed by atoms with E-state index in [9.17, 15) is 4.39 Å². The summed E-state index contributed by atoms with van der Waals surface area (Å²) in [6, 6.07) is 7.69. The minimum Gasteiger partial charge on any atom is -0.314 e. The van der Waals surface area contributed by atoms with E-state index >= 15 is 0 Å². The molecule has 0 aliphatic carbocycles. The van der Waals surface area contributed by atoms with Gasteiger partial charge in [-0.05, 0) is 33.6 Å². The Morgan fingerprint density at radius 2 is 2.16 bits per heavy atom. The molecule has 0 amide bonds. The molecule has 1 saturated heterocycles. The van der Waals surface area contributed by atoms with Gasteiger partial charge >= 0.3 is 0 Å². The summed E-state index contributed by atoms with van der Waals surface area (Å²) < 4.78 is 14.0. The second kappa shape index (κ2) is 6.46. The second-order valence-electron chi connectivity index (χ2n) is 5.58. The maximum absolute atomic E-state index is 14.0. The van der Waals surface area contributed by atoms with Crippen molar-refractivity contribution in [3.8, 4) is 0 Å². The maximum atomic E-state index is 14.0. The number of hydrogen-bond acceptors (Lipinski definition) is 3. The molecule has 2 atom stereocenters. The van der Waals surface area contributed by atoms with Gasteiger partial charge in [0.15, 0.2) is 0 Å². The van der Waals surface area contributed by atoms with Gasteiger partial charge in [0, 0.05) is 37.3 Å². The molecule has 1 heterocycles. The Hall–Kier alpha value is -0.970. The molecule has 0 radical (unpaired) electrons. The van der Waals surface area contributed by atoms with E-state index in [4.69, 9.17) is 0 Å². The van der Waals surface area contributed by atoms with Gasteiger partial charge in [0.05, 0.1) is 0 Å². The highest BCUT2D eigenvalue weighted by Gasteiger charge is 2.26. The highest BCUT2D eigenvalue weighted by molar-refractivity contribution is 5.21. The predicted octanol–water partition coefficient (Wildman–Crippen LogP) is 1.72. The molecule has 1 fully saturated rings. The summed E-state index contributed by atoms with van der Waals surface area (Å²) >= 11 is 0. The molecule has 3 nitrogen and oxygen atoms in total. The zero-order chi connectivity index (χ0) is 13.8. The Morgan fingerprint density at radius 1 is 1.42 bits per heavy atom. The molecule has 0 bridgehead atoms. The van der Waals surface area contributed by atoms with Crippen LogP contribution in [-0.4, -0.2) is 56.6 Å². The largest absolute Gasteiger partial charge is 0.314 e. The Bertz CT molecular complexity index is 408. The Balaban J connectivity index is 2.14. The fraction of sp³-hybridized carbons (Fsp3) is 0.600. The Labute approximate surface area is 115 Å². The zero-order valence-corrected chi connectivity index (χ0v) is 12.1. The molecule has 1 N–H and O–H groups in total. The molecule has 2 rings (SSSR count). The summed E-state index contributed by atoms with van der Waals surface area (Å²) in [5.41, 5.74) is 0.798. The number of nitrogens with zero attached hydrogens (tertiary/aromatic N) is 2. The van der Waals surface area contributed by atoms with Gasteiger partial charge in [0.25, 0.3) is 0 Å². The Morgan fingerprint density at radius 3 is 2.79 bits per heavy atom. The SMILES string of the molecule is CN(C)C(CC1CNCCN1C)c1ccccc1F. The van der Waals surface area contributed by atoms with Crippen molar-refractivity contribution in [2.75, 3.05) is 40.8 Å². The van der Waals surface area contributed by atoms with Crippen LogP contribution < -0.4 is 5.32 Å². The quantitative estimate of drug-likeness (QED) is 0.894. The molecule has 1 aromatic rings. The van der Waals surface area contributed by atoms with Crippen LogP contribution in [0.15, 0.2) is 24.3 Å². The van der Waals surface area contributed by atoms with Crippen LogP contribution in [0.3, 0.4) is 0 Å². The van der Waals surface area contributed by atoms with E-state index in [0.717, 1.165) is 31.6 Å². The summed E-state index contributed by atoms with van der Waals surface area (Å²) in [5.74, 6) is -0.104. The number of hydrogen-bond donors (Lipinski definition) is 1. The molecule has 2 unspecified atom stereocenters. The van der Waals surface area contributed by atoms with E-state index < -0.39 is 0 Å². The van der Waals surface area contributed by atoms with Crippen molar-refractivity contribution in [1.82, 2.24) is 15.1 Å². The summed E-state index contributed by atoms with van der Waals surface area (Å²) in [6.07, 6.45) is 0.942. The fourth-order valence-electron chi connectivity index (χ4n) is 2.74. The molecule has 0 saturated carbocycles. The van der Waals surface area contributed by atoms with Crippen molar-refractivity contribution in [1.29, 1.82) is 0 Å². The molecule has 1 aliphatic rings. The number of piperazine rings is 1. The van der Waals surface area contributed by atoms with Crippen LogP contribution in [0.4, 0.5) is 4.39 Å². The van der Waals surface area contributed by atoms with Crippen molar-refractivity contribution in [3.05, 3.63) is 35.6 Å². The summed E-state index contributed by atoms with van der Waals surface area (Å²) in [7, 11) is 6.19. The monoisotopic (exact) mass is 265 g/mol. The highest BCUT2D eigenvalue weighted by atomic mass is 19.1. The number of nitrogens with one attached hydrogen (secondary N) is 1. The van der Waals surface area contributed by atoms with E-state index in [1.807, 2.05) is 26.2 Å². The first-order valence-corrected chi connectivity index (χ1v) is 6.91. The smallest absolute Gasteiger partial charge is 0.127 e. The molecule has 0 spiro atoms. The first-order valence-electron chi connectivity index (χ1n) is 6.91. The average Bonchev–Trinajstić information content (AvgIpc) is 2.38. The third kappa shape index (κ3) is 3.53. The summed E-state index contributed by atoms with van der Waals surface area (Å²) in [5, 5.41) is 3.42. The van der Waals surface area contributed by atoms with Crippen LogP contribution in [-0.2, 0) is 0 Å². The van der Waals surface area contributed by atoms with Crippen molar-refractivity contribution in [2.45, 2.75) is 18.5 Å². The number of likely N-dealkylation sites (N-methyl/N-ethyl adjacent to an activating group) is 1. The van der Waals surface area contributed by atoms with Gasteiger partial charge in [0.2, 0.25) is 0 Å². The fourth-order valence-corrected chi connectivity index (χ4v) is 2.74. The lowest BCUT2D eigenvalue weighted by Crippen LogP contribution is -2.50. The van der Waals surface area contributed by atoms with Crippen LogP contribution in [0.5, 0.6) is 0 Å². The second-order valence-corrected chi connectivity index (χ2v) is 5.58. The average molecular weight is 265 g/mol. The third-order valence-electron chi connectivity index (χ3n) is 4.03. The van der Waals surface area contributed by atoms with Crippen LogP contribution in [0.25, 0.3) is 0 Å². The number of rotatable bonds is 4. The first-order chi connectivity index (χ1) is 9.09. The van der Waals surface area contributed by atoms with E-state index in [1.165, 1.54) is 0 Å². The summed E-state index contributed by atoms with van der Waals surface area (Å²) in [4.78, 5) is 4.48. The maximum Gasteiger partial charge on any atom is 0.127 e. The number of halogens is 1. The Kier molecular flexibility index (Phi) is 4.91. The van der Waals surface area contributed by atoms with Crippen LogP contribution in [0.2, 0.25) is 0 Å². The van der Waals surface area contributed by atoms with Crippen molar-refractivity contribution in [3.63, 3.8) is 0 Å². The standard InChI is InChI=1S/C15H24FN3/c1-18(2)15(13-6-4-5-7-14(13)16)10-12-11-17-8-9-19(12)3/h4-7,12,15,17H,8-11H2,1-3H3. The van der Waals surface area contributed by atoms with Gasteiger partial charge in [-0.3, -0.25) is 0 Å². The van der Waals surface area contributed by atoms with Crippen LogP contribution >= 0.6 is 0 Å².